The SMILES string of the molecule is CCN(Cc1cccc(F)c1)C(=O)Nc1ccccc1Cl. The molecule has 0 aromatic heterocycles. The number of rotatable bonds is 4. The second-order valence-corrected chi connectivity index (χ2v) is 4.96. The number of nitrogens with one attached hydrogen (secondary N) is 1. The molecule has 0 unspecified atom stereocenters. The Kier molecular flexibility index (Phi) is 5.17. The lowest BCUT2D eigenvalue weighted by Crippen LogP contribution is -2.34. The van der Waals surface area contributed by atoms with E-state index in [4.69, 9.17) is 11.6 Å². The zero-order valence-electron chi connectivity index (χ0n) is 11.6. The fourth-order valence-electron chi connectivity index (χ4n) is 1.94. The number of carbonyl (C=O) groups excluding carboxylic acids is 1. The van der Waals surface area contributed by atoms with Gasteiger partial charge in [0, 0.05) is 13.1 Å². The van der Waals surface area contributed by atoms with Crippen molar-refractivity contribution in [1.29, 1.82) is 0 Å². The van der Waals surface area contributed by atoms with E-state index in [1.54, 1.807) is 41.3 Å². The predicted octanol–water partition coefficient (Wildman–Crippen LogP) is 4.53. The molecule has 2 aromatic rings. The number of halogens is 2. The normalized spacial score (nSPS) is 10.2. The summed E-state index contributed by atoms with van der Waals surface area (Å²) in [5.41, 5.74) is 1.30. The summed E-state index contributed by atoms with van der Waals surface area (Å²) >= 11 is 6.01. The second-order valence-electron chi connectivity index (χ2n) is 4.55. The molecule has 0 bridgehead atoms. The summed E-state index contributed by atoms with van der Waals surface area (Å²) in [4.78, 5) is 13.8. The minimum absolute atomic E-state index is 0.269. The predicted molar refractivity (Wildman–Crippen MR) is 83.0 cm³/mol. The van der Waals surface area contributed by atoms with E-state index >= 15 is 0 Å². The number of hydrogen-bond donors (Lipinski definition) is 1. The zero-order valence-corrected chi connectivity index (χ0v) is 12.4. The van der Waals surface area contributed by atoms with Gasteiger partial charge in [-0.15, -0.1) is 0 Å². The van der Waals surface area contributed by atoms with Gasteiger partial charge in [0.25, 0.3) is 0 Å². The van der Waals surface area contributed by atoms with Gasteiger partial charge in [-0.25, -0.2) is 9.18 Å². The molecule has 2 aromatic carbocycles. The van der Waals surface area contributed by atoms with Gasteiger partial charge in [0.1, 0.15) is 5.82 Å². The summed E-state index contributed by atoms with van der Waals surface area (Å²) in [6.07, 6.45) is 0. The molecule has 1 N–H and O–H groups in total. The summed E-state index contributed by atoms with van der Waals surface area (Å²) in [5.74, 6) is -0.310. The number of para-hydroxylation sites is 1. The Morgan fingerprint density at radius 1 is 1.24 bits per heavy atom. The Morgan fingerprint density at radius 3 is 2.67 bits per heavy atom. The largest absolute Gasteiger partial charge is 0.322 e. The average molecular weight is 307 g/mol. The van der Waals surface area contributed by atoms with Crippen molar-refractivity contribution < 1.29 is 9.18 Å². The standard InChI is InChI=1S/C16H16ClFN2O/c1-2-20(11-12-6-5-7-13(18)10-12)16(21)19-15-9-4-3-8-14(15)17/h3-10H,2,11H2,1H3,(H,19,21). The minimum Gasteiger partial charge on any atom is -0.320 e. The van der Waals surface area contributed by atoms with E-state index in [1.165, 1.54) is 12.1 Å². The highest BCUT2D eigenvalue weighted by Gasteiger charge is 2.13. The van der Waals surface area contributed by atoms with Crippen LogP contribution in [0.25, 0.3) is 0 Å². The van der Waals surface area contributed by atoms with Crippen molar-refractivity contribution in [2.24, 2.45) is 0 Å². The Morgan fingerprint density at radius 2 is 2.00 bits per heavy atom. The third-order valence-corrected chi connectivity index (χ3v) is 3.38. The molecule has 0 aliphatic heterocycles. The number of nitrogens with zero attached hydrogens (tertiary/aromatic N) is 1. The lowest BCUT2D eigenvalue weighted by molar-refractivity contribution is 0.212. The van der Waals surface area contributed by atoms with Crippen molar-refractivity contribution >= 4 is 23.3 Å². The minimum atomic E-state index is -0.310. The van der Waals surface area contributed by atoms with Gasteiger partial charge in [0.15, 0.2) is 0 Å². The first kappa shape index (κ1) is 15.3. The molecule has 0 saturated heterocycles. The Hall–Kier alpha value is -2.07. The molecule has 3 nitrogen and oxygen atoms in total. The molecular weight excluding hydrogens is 291 g/mol. The lowest BCUT2D eigenvalue weighted by Gasteiger charge is -2.22. The fraction of sp³-hybridized carbons (Fsp3) is 0.188. The molecule has 0 fully saturated rings. The summed E-state index contributed by atoms with van der Waals surface area (Å²) < 4.78 is 13.2. The van der Waals surface area contributed by atoms with Crippen molar-refractivity contribution in [3.05, 3.63) is 64.9 Å². The Bertz CT molecular complexity index is 633. The highest BCUT2D eigenvalue weighted by Crippen LogP contribution is 2.21. The molecule has 110 valence electrons. The van der Waals surface area contributed by atoms with Gasteiger partial charge in [-0.3, -0.25) is 0 Å². The van der Waals surface area contributed by atoms with Crippen LogP contribution in [0.5, 0.6) is 0 Å². The van der Waals surface area contributed by atoms with E-state index in [2.05, 4.69) is 5.32 Å². The molecule has 0 aliphatic carbocycles. The van der Waals surface area contributed by atoms with Crippen LogP contribution in [-0.2, 0) is 6.54 Å². The fourth-order valence-corrected chi connectivity index (χ4v) is 2.12. The van der Waals surface area contributed by atoms with E-state index in [0.29, 0.717) is 23.8 Å². The molecule has 0 radical (unpaired) electrons. The number of carbonyl (C=O) groups is 1. The average Bonchev–Trinajstić information content (AvgIpc) is 2.47. The van der Waals surface area contributed by atoms with Crippen molar-refractivity contribution in [1.82, 2.24) is 4.90 Å². The zero-order chi connectivity index (χ0) is 15.2. The summed E-state index contributed by atoms with van der Waals surface area (Å²) in [6.45, 7) is 2.71. The van der Waals surface area contributed by atoms with Crippen LogP contribution in [0.1, 0.15) is 12.5 Å². The Labute approximate surface area is 128 Å². The molecule has 0 heterocycles. The van der Waals surface area contributed by atoms with Gasteiger partial charge >= 0.3 is 6.03 Å². The number of urea groups is 1. The molecular formula is C16H16ClFN2O. The smallest absolute Gasteiger partial charge is 0.320 e. The van der Waals surface area contributed by atoms with Crippen LogP contribution in [-0.4, -0.2) is 17.5 Å². The molecule has 0 spiro atoms. The van der Waals surface area contributed by atoms with Crippen LogP contribution >= 0.6 is 11.6 Å². The van der Waals surface area contributed by atoms with Gasteiger partial charge in [-0.1, -0.05) is 35.9 Å². The third kappa shape index (κ3) is 4.20. The van der Waals surface area contributed by atoms with Crippen LogP contribution < -0.4 is 5.32 Å². The number of hydrogen-bond acceptors (Lipinski definition) is 1. The van der Waals surface area contributed by atoms with Crippen LogP contribution in [0.3, 0.4) is 0 Å². The summed E-state index contributed by atoms with van der Waals surface area (Å²) in [7, 11) is 0. The van der Waals surface area contributed by atoms with Gasteiger partial charge in [-0.2, -0.15) is 0 Å². The highest BCUT2D eigenvalue weighted by atomic mass is 35.5. The number of amides is 2. The first-order valence-corrected chi connectivity index (χ1v) is 7.03. The highest BCUT2D eigenvalue weighted by molar-refractivity contribution is 6.33. The maximum atomic E-state index is 13.2. The van der Waals surface area contributed by atoms with Crippen LogP contribution in [0.2, 0.25) is 5.02 Å². The van der Waals surface area contributed by atoms with E-state index in [9.17, 15) is 9.18 Å². The van der Waals surface area contributed by atoms with Crippen LogP contribution in [0.4, 0.5) is 14.9 Å². The van der Waals surface area contributed by atoms with E-state index in [1.807, 2.05) is 6.92 Å². The molecule has 21 heavy (non-hydrogen) atoms. The van der Waals surface area contributed by atoms with Crippen molar-refractivity contribution in [3.8, 4) is 0 Å². The van der Waals surface area contributed by atoms with E-state index in [0.717, 1.165) is 5.56 Å². The summed E-state index contributed by atoms with van der Waals surface area (Å²) in [5, 5.41) is 3.24. The lowest BCUT2D eigenvalue weighted by atomic mass is 10.2. The van der Waals surface area contributed by atoms with Gasteiger partial charge in [0.2, 0.25) is 0 Å². The van der Waals surface area contributed by atoms with Crippen LogP contribution in [0.15, 0.2) is 48.5 Å². The third-order valence-electron chi connectivity index (χ3n) is 3.05. The van der Waals surface area contributed by atoms with E-state index < -0.39 is 0 Å². The first-order chi connectivity index (χ1) is 10.1. The van der Waals surface area contributed by atoms with Crippen molar-refractivity contribution in [3.63, 3.8) is 0 Å². The van der Waals surface area contributed by atoms with Crippen molar-refractivity contribution in [2.75, 3.05) is 11.9 Å². The maximum Gasteiger partial charge on any atom is 0.322 e. The second kappa shape index (κ2) is 7.09. The maximum absolute atomic E-state index is 13.2. The topological polar surface area (TPSA) is 32.3 Å². The number of benzene rings is 2. The molecule has 0 atom stereocenters. The van der Waals surface area contributed by atoms with Gasteiger partial charge in [-0.05, 0) is 36.8 Å². The van der Waals surface area contributed by atoms with Crippen molar-refractivity contribution in [2.45, 2.75) is 13.5 Å². The van der Waals surface area contributed by atoms with Gasteiger partial charge < -0.3 is 10.2 Å². The molecule has 0 saturated carbocycles. The quantitative estimate of drug-likeness (QED) is 0.884. The first-order valence-electron chi connectivity index (χ1n) is 6.65. The number of anilines is 1. The molecule has 2 rings (SSSR count). The summed E-state index contributed by atoms with van der Waals surface area (Å²) in [6, 6.07) is 13.0. The van der Waals surface area contributed by atoms with E-state index in [-0.39, 0.29) is 11.8 Å². The monoisotopic (exact) mass is 306 g/mol. The molecule has 0 aliphatic rings. The van der Waals surface area contributed by atoms with Gasteiger partial charge in [0.05, 0.1) is 10.7 Å². The molecule has 2 amide bonds. The molecule has 5 heteroatoms. The van der Waals surface area contributed by atoms with Crippen LogP contribution in [0, 0.1) is 5.82 Å². The Balaban J connectivity index is 2.07.